The van der Waals surface area contributed by atoms with E-state index in [1.165, 1.54) is 12.1 Å². The van der Waals surface area contributed by atoms with E-state index in [4.69, 9.17) is 9.47 Å². The first-order valence-corrected chi connectivity index (χ1v) is 9.23. The Hall–Kier alpha value is -3.61. The summed E-state index contributed by atoms with van der Waals surface area (Å²) in [6, 6.07) is 9.83. The normalized spacial score (nSPS) is 11.1. The minimum Gasteiger partial charge on any atom is -0.545 e. The van der Waals surface area contributed by atoms with Gasteiger partial charge >= 0.3 is 0 Å². The van der Waals surface area contributed by atoms with Crippen molar-refractivity contribution in [1.29, 1.82) is 0 Å². The number of methoxy groups -OCH3 is 1. The maximum atomic E-state index is 12.8. The number of benzene rings is 2. The number of fused-ring (bicyclic) bond motifs is 1. The summed E-state index contributed by atoms with van der Waals surface area (Å²) in [5.41, 5.74) is 1.76. The van der Waals surface area contributed by atoms with E-state index in [0.717, 1.165) is 5.56 Å². The van der Waals surface area contributed by atoms with Gasteiger partial charge in [0.15, 0.2) is 11.5 Å². The summed E-state index contributed by atoms with van der Waals surface area (Å²) < 4.78 is 12.4. The molecule has 0 saturated carbocycles. The number of hydrogen-bond acceptors (Lipinski definition) is 6. The second-order valence-corrected chi connectivity index (χ2v) is 6.21. The average molecular weight is 393 g/mol. The Morgan fingerprint density at radius 1 is 1.14 bits per heavy atom. The van der Waals surface area contributed by atoms with Gasteiger partial charge in [0.1, 0.15) is 5.69 Å². The predicted molar refractivity (Wildman–Crippen MR) is 109 cm³/mol. The highest BCUT2D eigenvalue weighted by Crippen LogP contribution is 2.28. The summed E-state index contributed by atoms with van der Waals surface area (Å²) in [5, 5.41) is 11.2. The number of rotatable bonds is 7. The van der Waals surface area contributed by atoms with Gasteiger partial charge in [0, 0.05) is 6.54 Å². The lowest BCUT2D eigenvalue weighted by Gasteiger charge is -2.11. The molecule has 0 radical (unpaired) electrons. The third kappa shape index (κ3) is 4.13. The number of aromatic carboxylic acids is 1. The summed E-state index contributed by atoms with van der Waals surface area (Å²) in [5.74, 6) is -0.0640. The zero-order chi connectivity index (χ0) is 21.0. The first-order chi connectivity index (χ1) is 14.0. The van der Waals surface area contributed by atoms with Gasteiger partial charge in [-0.15, -0.1) is 0 Å². The van der Waals surface area contributed by atoms with Crippen molar-refractivity contribution in [3.8, 4) is 11.5 Å². The zero-order valence-electron chi connectivity index (χ0n) is 16.5. The molecule has 1 aromatic heterocycles. The Morgan fingerprint density at radius 3 is 2.59 bits per heavy atom. The first-order valence-electron chi connectivity index (χ1n) is 9.23. The lowest BCUT2D eigenvalue weighted by atomic mass is 10.1. The van der Waals surface area contributed by atoms with Crippen LogP contribution in [0.2, 0.25) is 0 Å². The van der Waals surface area contributed by atoms with Crippen molar-refractivity contribution in [3.05, 3.63) is 63.6 Å². The van der Waals surface area contributed by atoms with E-state index in [-0.39, 0.29) is 16.8 Å². The fourth-order valence-corrected chi connectivity index (χ4v) is 3.06. The van der Waals surface area contributed by atoms with E-state index in [0.29, 0.717) is 35.7 Å². The fraction of sp³-hybridized carbons (Fsp3) is 0.227. The van der Waals surface area contributed by atoms with E-state index in [1.54, 1.807) is 36.0 Å². The Kier molecular flexibility index (Phi) is 5.97. The number of ether oxygens (including phenoxy) is 2. The lowest BCUT2D eigenvalue weighted by molar-refractivity contribution is -0.255. The molecule has 0 saturated heterocycles. The number of carboxylic acid groups (broad SMARTS) is 1. The van der Waals surface area contributed by atoms with Crippen LogP contribution in [0.4, 0.5) is 0 Å². The fourth-order valence-electron chi connectivity index (χ4n) is 3.06. The smallest absolute Gasteiger partial charge is 0.276 e. The molecule has 0 atom stereocenters. The van der Waals surface area contributed by atoms with Crippen LogP contribution >= 0.6 is 0 Å². The highest BCUT2D eigenvalue weighted by molar-refractivity contribution is 5.91. The van der Waals surface area contributed by atoms with Gasteiger partial charge in [-0.2, -0.15) is 0 Å². The molecule has 0 unspecified atom stereocenters. The van der Waals surface area contributed by atoms with Crippen LogP contribution in [0, 0.1) is 0 Å². The van der Waals surface area contributed by atoms with E-state index in [1.807, 2.05) is 26.0 Å². The van der Waals surface area contributed by atoms with Crippen molar-refractivity contribution in [1.82, 2.24) is 9.55 Å². The van der Waals surface area contributed by atoms with Crippen molar-refractivity contribution >= 4 is 29.2 Å². The highest BCUT2D eigenvalue weighted by Gasteiger charge is 2.10. The van der Waals surface area contributed by atoms with E-state index >= 15 is 0 Å². The van der Waals surface area contributed by atoms with Crippen molar-refractivity contribution in [2.24, 2.45) is 0 Å². The first kappa shape index (κ1) is 20.1. The number of carbonyl (C=O) groups is 1. The quantitative estimate of drug-likeness (QED) is 0.612. The van der Waals surface area contributed by atoms with Gasteiger partial charge in [-0.25, -0.2) is 4.98 Å². The minimum atomic E-state index is -1.29. The van der Waals surface area contributed by atoms with Crippen LogP contribution in [-0.4, -0.2) is 29.2 Å². The van der Waals surface area contributed by atoms with Crippen molar-refractivity contribution in [2.75, 3.05) is 13.7 Å². The number of hydrogen-bond donors (Lipinski definition) is 0. The number of nitrogens with zero attached hydrogens (tertiary/aromatic N) is 2. The molecule has 3 rings (SSSR count). The van der Waals surface area contributed by atoms with Crippen molar-refractivity contribution < 1.29 is 19.4 Å². The highest BCUT2D eigenvalue weighted by atomic mass is 16.5. The molecule has 0 fully saturated rings. The summed E-state index contributed by atoms with van der Waals surface area (Å²) in [6.07, 6.45) is 3.36. The summed E-state index contributed by atoms with van der Waals surface area (Å²) in [6.45, 7) is 4.66. The van der Waals surface area contributed by atoms with Crippen LogP contribution in [0.3, 0.4) is 0 Å². The molecular weight excluding hydrogens is 372 g/mol. The molecule has 0 amide bonds. The van der Waals surface area contributed by atoms with E-state index in [9.17, 15) is 14.7 Å². The monoisotopic (exact) mass is 393 g/mol. The van der Waals surface area contributed by atoms with Gasteiger partial charge in [-0.05, 0) is 55.3 Å². The van der Waals surface area contributed by atoms with E-state index < -0.39 is 5.97 Å². The third-order valence-corrected chi connectivity index (χ3v) is 4.44. The molecule has 7 nitrogen and oxygen atoms in total. The van der Waals surface area contributed by atoms with Crippen molar-refractivity contribution in [3.63, 3.8) is 0 Å². The van der Waals surface area contributed by atoms with Crippen LogP contribution in [0.1, 0.15) is 35.5 Å². The maximum absolute atomic E-state index is 12.8. The molecule has 7 heteroatoms. The largest absolute Gasteiger partial charge is 0.545 e. The molecule has 0 aliphatic rings. The second-order valence-electron chi connectivity index (χ2n) is 6.21. The molecule has 2 aromatic carbocycles. The summed E-state index contributed by atoms with van der Waals surface area (Å²) in [7, 11) is 1.57. The van der Waals surface area contributed by atoms with Crippen LogP contribution in [-0.2, 0) is 6.54 Å². The Balaban J connectivity index is 2.07. The molecule has 0 spiro atoms. The van der Waals surface area contributed by atoms with Crippen LogP contribution in [0.15, 0.2) is 41.2 Å². The molecule has 29 heavy (non-hydrogen) atoms. The molecule has 0 N–H and O–H groups in total. The van der Waals surface area contributed by atoms with Gasteiger partial charge in [0.2, 0.25) is 0 Å². The molecule has 0 aliphatic carbocycles. The average Bonchev–Trinajstić information content (AvgIpc) is 2.72. The van der Waals surface area contributed by atoms with Gasteiger partial charge in [0.25, 0.3) is 5.56 Å². The van der Waals surface area contributed by atoms with Crippen LogP contribution < -0.4 is 20.1 Å². The Labute approximate surface area is 167 Å². The van der Waals surface area contributed by atoms with Gasteiger partial charge in [-0.1, -0.05) is 18.2 Å². The van der Waals surface area contributed by atoms with Crippen LogP contribution in [0.25, 0.3) is 23.2 Å². The van der Waals surface area contributed by atoms with E-state index in [2.05, 4.69) is 4.98 Å². The Morgan fingerprint density at radius 2 is 1.93 bits per heavy atom. The van der Waals surface area contributed by atoms with Gasteiger partial charge in [0.05, 0.1) is 30.7 Å². The number of carbonyl (C=O) groups excluding carboxylic acids is 1. The second kappa shape index (κ2) is 8.60. The zero-order valence-corrected chi connectivity index (χ0v) is 16.5. The molecule has 3 aromatic rings. The maximum Gasteiger partial charge on any atom is 0.276 e. The molecule has 150 valence electrons. The van der Waals surface area contributed by atoms with Gasteiger partial charge in [-0.3, -0.25) is 4.79 Å². The summed E-state index contributed by atoms with van der Waals surface area (Å²) >= 11 is 0. The number of aromatic nitrogens is 2. The number of aryl methyl sites for hydroxylation is 1. The third-order valence-electron chi connectivity index (χ3n) is 4.44. The van der Waals surface area contributed by atoms with Crippen molar-refractivity contribution in [2.45, 2.75) is 20.4 Å². The Bertz CT molecular complexity index is 1150. The lowest BCUT2D eigenvalue weighted by Crippen LogP contribution is -2.25. The summed E-state index contributed by atoms with van der Waals surface area (Å²) in [4.78, 5) is 28.3. The standard InChI is InChI=1S/C22H22N2O5/c1-4-24-18-10-8-15(22(26)27)13-17(18)23-16(21(24)25)9-6-14-7-11-19(28-3)20(12-14)29-5-2/h6-13H,4-5H2,1-3H3,(H,26,27)/p-1/b9-6+. The topological polar surface area (TPSA) is 93.5 Å². The van der Waals surface area contributed by atoms with Gasteiger partial charge < -0.3 is 23.9 Å². The molecule has 0 aliphatic heterocycles. The number of carboxylic acids is 1. The SMILES string of the molecule is CCOc1cc(/C=C/c2nc3cc(C(=O)[O-])ccc3n(CC)c2=O)ccc1OC. The molecule has 0 bridgehead atoms. The molecular formula is C22H21N2O5-. The minimum absolute atomic E-state index is 0.0118. The predicted octanol–water partition coefficient (Wildman–Crippen LogP) is 2.36. The van der Waals surface area contributed by atoms with Crippen LogP contribution in [0.5, 0.6) is 11.5 Å². The molecule has 1 heterocycles.